The summed E-state index contributed by atoms with van der Waals surface area (Å²) in [6.45, 7) is 12.6. The van der Waals surface area contributed by atoms with Crippen molar-refractivity contribution in [1.29, 1.82) is 0 Å². The Kier molecular flexibility index (Phi) is 17.0. The van der Waals surface area contributed by atoms with E-state index in [0.29, 0.717) is 6.07 Å². The van der Waals surface area contributed by atoms with Crippen molar-refractivity contribution in [2.75, 3.05) is 37.5 Å². The van der Waals surface area contributed by atoms with Gasteiger partial charge >= 0.3 is 11.9 Å². The van der Waals surface area contributed by atoms with E-state index in [1.54, 1.807) is 40.8 Å². The Morgan fingerprint density at radius 1 is 0.951 bits per heavy atom. The number of amides is 1. The smallest absolute Gasteiger partial charge is 0.341 e. The van der Waals surface area contributed by atoms with E-state index in [9.17, 15) is 59.0 Å². The first-order valence-electron chi connectivity index (χ1n) is 26.5. The zero-order chi connectivity index (χ0) is 60.1. The number of pyridine rings is 2. The second-order valence-corrected chi connectivity index (χ2v) is 21.6. The number of nitrogens with zero attached hydrogens (tertiary/aromatic N) is 5. The van der Waals surface area contributed by atoms with Crippen molar-refractivity contribution >= 4 is 63.2 Å². The summed E-state index contributed by atoms with van der Waals surface area (Å²) < 4.78 is 64.1. The molecule has 3 aliphatic heterocycles. The number of carbonyl (C=O) groups excluding carboxylic acids is 3. The van der Waals surface area contributed by atoms with Crippen molar-refractivity contribution < 1.29 is 77.2 Å². The van der Waals surface area contributed by atoms with Crippen LogP contribution in [0.5, 0.6) is 17.2 Å². The van der Waals surface area contributed by atoms with Gasteiger partial charge in [-0.25, -0.2) is 22.9 Å². The van der Waals surface area contributed by atoms with Crippen molar-refractivity contribution in [1.82, 2.24) is 14.6 Å². The monoisotopic (exact) mass is 1140 g/mol. The number of phenols is 3. The SMILES string of the molecule is CO[C@H]1/C=C/O[C@@]2(C)Cc3c(C)c(O)c4c(O)c(c(/C=N/N(C)C5CCN(c6nc7c(cc6F)c(=O)c(C(=O)O)cn7-c6ccc(F)cc6F)C5)c(O)c4c3C2=O)NC(=O)/C(C)=C\C=C\[C@H](C)[C@H](O)[C@@H](C)[C@@H](O)[C@@H](C)[C@H](OC(C)=O)[C@@H]1C. The van der Waals surface area contributed by atoms with Gasteiger partial charge in [0, 0.05) is 93.0 Å². The maximum atomic E-state index is 16.1. The van der Waals surface area contributed by atoms with E-state index in [1.165, 1.54) is 69.2 Å². The van der Waals surface area contributed by atoms with Gasteiger partial charge in [-0.2, -0.15) is 5.10 Å². The number of esters is 1. The van der Waals surface area contributed by atoms with Crippen molar-refractivity contribution in [3.05, 3.63) is 122 Å². The summed E-state index contributed by atoms with van der Waals surface area (Å²) in [5, 5.41) is 77.1. The molecule has 0 radical (unpaired) electrons. The molecule has 0 saturated carbocycles. The zero-order valence-corrected chi connectivity index (χ0v) is 46.7. The molecular weight excluding hydrogens is 1070 g/mol. The number of methoxy groups -OCH3 is 1. The highest BCUT2D eigenvalue weighted by atomic mass is 19.1. The predicted octanol–water partition coefficient (Wildman–Crippen LogP) is 7.32. The number of fused-ring (bicyclic) bond motifs is 15. The maximum Gasteiger partial charge on any atom is 0.341 e. The molecule has 9 rings (SSSR count). The highest BCUT2D eigenvalue weighted by Gasteiger charge is 2.48. The number of allylic oxidation sites excluding steroid dienone is 2. The molecule has 4 aliphatic rings. The minimum atomic E-state index is -1.69. The fourth-order valence-electron chi connectivity index (χ4n) is 11.3. The molecule has 7 N–H and O–H groups in total. The maximum absolute atomic E-state index is 16.1. The van der Waals surface area contributed by atoms with E-state index < -0.39 is 140 Å². The number of phenolic OH excluding ortho intramolecular Hbond substituents is 3. The topological polar surface area (TPSA) is 283 Å². The van der Waals surface area contributed by atoms with Gasteiger partial charge < -0.3 is 55.1 Å². The number of Topliss-reactive ketones (excluding diaryl/α,β-unsaturated/α-hetero) is 1. The third-order valence-electron chi connectivity index (χ3n) is 16.2. The summed E-state index contributed by atoms with van der Waals surface area (Å²) in [6, 6.07) is 2.72. The highest BCUT2D eigenvalue weighted by Crippen LogP contribution is 2.53. The molecule has 1 saturated heterocycles. The largest absolute Gasteiger partial charge is 0.507 e. The molecule has 0 spiro atoms. The number of rotatable bonds is 8. The van der Waals surface area contributed by atoms with Crippen LogP contribution in [0.4, 0.5) is 24.7 Å². The predicted molar refractivity (Wildman–Crippen MR) is 297 cm³/mol. The first-order valence-corrected chi connectivity index (χ1v) is 26.5. The molecule has 1 fully saturated rings. The van der Waals surface area contributed by atoms with Crippen LogP contribution in [0.15, 0.2) is 76.5 Å². The summed E-state index contributed by atoms with van der Waals surface area (Å²) in [7, 11) is 2.97. The molecule has 5 bridgehead atoms. The van der Waals surface area contributed by atoms with Gasteiger partial charge in [0.05, 0.1) is 64.5 Å². The van der Waals surface area contributed by atoms with Gasteiger partial charge in [-0.1, -0.05) is 45.9 Å². The van der Waals surface area contributed by atoms with Crippen molar-refractivity contribution in [2.45, 2.75) is 104 Å². The van der Waals surface area contributed by atoms with Gasteiger partial charge in [0.15, 0.2) is 28.6 Å². The number of ketones is 1. The molecule has 23 heteroatoms. The molecule has 1 aliphatic carbocycles. The van der Waals surface area contributed by atoms with Crippen LogP contribution in [0.1, 0.15) is 92.3 Å². The number of anilines is 2. The number of ether oxygens (including phenoxy) is 3. The number of aliphatic hydroxyl groups is 2. The second-order valence-electron chi connectivity index (χ2n) is 21.6. The van der Waals surface area contributed by atoms with E-state index in [0.717, 1.165) is 35.2 Å². The number of likely N-dealkylation sites (N-methyl/N-ethyl adjacent to an activating group) is 1. The first kappa shape index (κ1) is 59.8. The van der Waals surface area contributed by atoms with Gasteiger partial charge in [-0.15, -0.1) is 0 Å². The second kappa shape index (κ2) is 23.3. The van der Waals surface area contributed by atoms with Gasteiger partial charge in [0.2, 0.25) is 11.2 Å². The summed E-state index contributed by atoms with van der Waals surface area (Å²) in [5.74, 6) is -11.8. The lowest BCUT2D eigenvalue weighted by atomic mass is 9.78. The van der Waals surface area contributed by atoms with Crippen molar-refractivity contribution in [3.8, 4) is 22.9 Å². The van der Waals surface area contributed by atoms with Crippen LogP contribution in [0.3, 0.4) is 0 Å². The molecule has 5 aromatic rings. The Morgan fingerprint density at radius 3 is 2.32 bits per heavy atom. The number of halogens is 3. The molecular formula is C59H65F3N6O14. The molecule has 20 nitrogen and oxygen atoms in total. The average Bonchev–Trinajstić information content (AvgIpc) is 2.04. The van der Waals surface area contributed by atoms with E-state index in [-0.39, 0.29) is 81.7 Å². The number of aliphatic hydroxyl groups excluding tert-OH is 2. The lowest BCUT2D eigenvalue weighted by Crippen LogP contribution is -2.46. The standard InChI is InChI=1S/C59H65F3N6O14/c1-26-12-11-13-27(2)57(77)64-46-37(23-63-66(9)34-16-18-67(24-34)56-40(62)21-35-50(73)38(58(78)79)25-68(55(35)65-56)41-15-14-33(60)20-39(41)61)51(74)44-43-36(28(3)49(72)45(44)52(46)75)22-59(8,54(43)76)81-19-17-42(80-10)29(4)53(82-32(7)69)31(6)48(71)30(5)47(26)70/h11-15,17,19-21,23,25-26,29-31,34,42,47-48,53,70-72,74-75H,16,18,22,24H2,1-10H3,(H,64,77)(H,78,79)/b12-11+,19-17+,27-13-,63-23+/t26-,29+,30+,31+,34?,42-,47-,48+,53+,59-/m0/s1. The molecule has 3 aromatic carbocycles. The Bertz CT molecular complexity index is 3620. The fraction of sp³-hybridized carbons (Fsp3) is 0.407. The van der Waals surface area contributed by atoms with Gasteiger partial charge in [0.1, 0.15) is 34.8 Å². The van der Waals surface area contributed by atoms with Crippen LogP contribution < -0.4 is 15.6 Å². The minimum Gasteiger partial charge on any atom is -0.507 e. The fourth-order valence-corrected chi connectivity index (χ4v) is 11.3. The number of carboxylic acids is 1. The van der Waals surface area contributed by atoms with Crippen LogP contribution in [0.25, 0.3) is 27.5 Å². The molecule has 1 unspecified atom stereocenters. The number of benzene rings is 3. The molecule has 82 heavy (non-hydrogen) atoms. The van der Waals surface area contributed by atoms with Crippen LogP contribution in [-0.2, 0) is 30.2 Å². The first-order chi connectivity index (χ1) is 38.6. The van der Waals surface area contributed by atoms with Gasteiger partial charge in [-0.3, -0.25) is 28.8 Å². The van der Waals surface area contributed by atoms with Gasteiger partial charge in [0.25, 0.3) is 5.91 Å². The Balaban J connectivity index is 1.20. The van der Waals surface area contributed by atoms with E-state index >= 15 is 8.78 Å². The average molecular weight is 1140 g/mol. The molecule has 1 amide bonds. The number of nitrogens with one attached hydrogen (secondary N) is 1. The summed E-state index contributed by atoms with van der Waals surface area (Å²) in [6.07, 6.45) is 5.32. The number of carbonyl (C=O) groups is 4. The normalized spacial score (nSPS) is 26.9. The number of aromatic hydroxyl groups is 3. The molecule has 2 aromatic heterocycles. The minimum absolute atomic E-state index is 0.00886. The Hall–Kier alpha value is -8.28. The number of hydrogen-bond acceptors (Lipinski definition) is 17. The molecule has 5 heterocycles. The number of aromatic nitrogens is 2. The van der Waals surface area contributed by atoms with Crippen LogP contribution in [-0.4, -0.2) is 138 Å². The van der Waals surface area contributed by atoms with Crippen LogP contribution in [0.2, 0.25) is 0 Å². The van der Waals surface area contributed by atoms with Crippen molar-refractivity contribution in [3.63, 3.8) is 0 Å². The third kappa shape index (κ3) is 11.0. The van der Waals surface area contributed by atoms with Crippen molar-refractivity contribution in [2.24, 2.45) is 28.8 Å². The number of aromatic carboxylic acids is 1. The third-order valence-corrected chi connectivity index (χ3v) is 16.2. The van der Waals surface area contributed by atoms with Crippen LogP contribution >= 0.6 is 0 Å². The van der Waals surface area contributed by atoms with Gasteiger partial charge in [-0.05, 0) is 62.6 Å². The number of hydrogen-bond donors (Lipinski definition) is 7. The summed E-state index contributed by atoms with van der Waals surface area (Å²) in [5.41, 5.74) is -4.62. The van der Waals surface area contributed by atoms with E-state index in [1.807, 2.05) is 0 Å². The summed E-state index contributed by atoms with van der Waals surface area (Å²) >= 11 is 0. The lowest BCUT2D eigenvalue weighted by Gasteiger charge is -2.38. The quantitative estimate of drug-likeness (QED) is 0.0263. The number of hydrazone groups is 1. The van der Waals surface area contributed by atoms with Crippen LogP contribution in [0, 0.1) is 48.0 Å². The Labute approximate surface area is 469 Å². The van der Waals surface area contributed by atoms with E-state index in [4.69, 9.17) is 14.2 Å². The van der Waals surface area contributed by atoms with E-state index in [2.05, 4.69) is 15.4 Å². The Morgan fingerprint density at radius 2 is 1.66 bits per heavy atom. The molecule has 436 valence electrons. The zero-order valence-electron chi connectivity index (χ0n) is 46.7. The summed E-state index contributed by atoms with van der Waals surface area (Å²) in [4.78, 5) is 72.8. The highest BCUT2D eigenvalue weighted by molar-refractivity contribution is 6.23. The molecule has 10 atom stereocenters. The number of carboxylic acid groups (broad SMARTS) is 1. The lowest BCUT2D eigenvalue weighted by molar-refractivity contribution is -0.160.